The van der Waals surface area contributed by atoms with Gasteiger partial charge in [0.1, 0.15) is 0 Å². The van der Waals surface area contributed by atoms with Crippen LogP contribution < -0.4 is 0 Å². The van der Waals surface area contributed by atoms with Crippen LogP contribution in [0.4, 0.5) is 0 Å². The Morgan fingerprint density at radius 2 is 2.62 bits per heavy atom. The van der Waals surface area contributed by atoms with Crippen LogP contribution in [0.25, 0.3) is 0 Å². The molecule has 0 bridgehead atoms. The highest BCUT2D eigenvalue weighted by Crippen LogP contribution is 1.86. The molecule has 0 amide bonds. The van der Waals surface area contributed by atoms with Crippen LogP contribution >= 0.6 is 0 Å². The number of hydrogen-bond acceptors (Lipinski definition) is 2. The zero-order chi connectivity index (χ0) is 5.82. The van der Waals surface area contributed by atoms with Gasteiger partial charge in [-0.05, 0) is 12.1 Å². The molecule has 0 aliphatic heterocycles. The summed E-state index contributed by atoms with van der Waals surface area (Å²) in [6.07, 6.45) is 4.79. The first kappa shape index (κ1) is 4.97. The smallest absolute Gasteiger partial charge is 0.152 e. The lowest BCUT2D eigenvalue weighted by Crippen LogP contribution is -1.78. The van der Waals surface area contributed by atoms with Gasteiger partial charge in [-0.1, -0.05) is 0 Å². The molecule has 0 saturated carbocycles. The zero-order valence-corrected chi connectivity index (χ0v) is 4.16. The second-order valence-corrected chi connectivity index (χ2v) is 1.32. The zero-order valence-electron chi connectivity index (χ0n) is 4.16. The summed E-state index contributed by atoms with van der Waals surface area (Å²) in [7, 11) is 0. The highest BCUT2D eigenvalue weighted by atomic mass is 16.1. The van der Waals surface area contributed by atoms with E-state index < -0.39 is 0 Å². The lowest BCUT2D eigenvalue weighted by molar-refractivity contribution is 0.112. The van der Waals surface area contributed by atoms with Crippen LogP contribution in [-0.2, 0) is 0 Å². The van der Waals surface area contributed by atoms with Crippen molar-refractivity contribution in [3.63, 3.8) is 0 Å². The summed E-state index contributed by atoms with van der Waals surface area (Å²) in [5, 5.41) is 0. The minimum Gasteiger partial charge on any atom is -0.298 e. The number of pyridine rings is 1. The molecular formula is C6H4NO. The number of hydrogen-bond donors (Lipinski definition) is 0. The van der Waals surface area contributed by atoms with E-state index in [0.29, 0.717) is 11.8 Å². The molecule has 1 aromatic heterocycles. The summed E-state index contributed by atoms with van der Waals surface area (Å²) in [4.78, 5) is 13.5. The lowest BCUT2D eigenvalue weighted by Gasteiger charge is -1.80. The normalized spacial score (nSPS) is 8.50. The van der Waals surface area contributed by atoms with Crippen LogP contribution in [0, 0.1) is 6.20 Å². The first-order valence-corrected chi connectivity index (χ1v) is 2.21. The number of rotatable bonds is 1. The quantitative estimate of drug-likeness (QED) is 0.493. The molecule has 0 unspecified atom stereocenters. The average Bonchev–Trinajstić information content (AvgIpc) is 1.90. The van der Waals surface area contributed by atoms with Crippen molar-refractivity contribution >= 4 is 6.29 Å². The van der Waals surface area contributed by atoms with Gasteiger partial charge in [-0.25, -0.2) is 0 Å². The number of carbonyl (C=O) groups is 1. The second kappa shape index (κ2) is 2.21. The Bertz CT molecular complexity index is 171. The molecule has 2 nitrogen and oxygen atoms in total. The molecule has 39 valence electrons. The molecule has 0 spiro atoms. The predicted octanol–water partition coefficient (Wildman–Crippen LogP) is 0.694. The van der Waals surface area contributed by atoms with Gasteiger partial charge >= 0.3 is 0 Å². The third-order valence-electron chi connectivity index (χ3n) is 0.757. The van der Waals surface area contributed by atoms with E-state index in [-0.39, 0.29) is 0 Å². The minimum absolute atomic E-state index is 0.493. The van der Waals surface area contributed by atoms with E-state index in [0.717, 1.165) is 0 Å². The minimum atomic E-state index is 0.493. The Kier molecular flexibility index (Phi) is 1.37. The molecular weight excluding hydrogens is 102 g/mol. The Balaban J connectivity index is 2.99. The Labute approximate surface area is 47.2 Å². The summed E-state index contributed by atoms with van der Waals surface area (Å²) in [6, 6.07) is 3.35. The van der Waals surface area contributed by atoms with Crippen LogP contribution in [-0.4, -0.2) is 11.3 Å². The summed E-state index contributed by atoms with van der Waals surface area (Å²) in [6.45, 7) is 0. The average molecular weight is 106 g/mol. The van der Waals surface area contributed by atoms with Gasteiger partial charge in [0.25, 0.3) is 0 Å². The second-order valence-electron chi connectivity index (χ2n) is 1.32. The summed E-state index contributed by atoms with van der Waals surface area (Å²) < 4.78 is 0. The molecule has 0 aliphatic rings. The molecule has 2 heteroatoms. The summed E-state index contributed by atoms with van der Waals surface area (Å²) in [5.74, 6) is 0. The van der Waals surface area contributed by atoms with Crippen molar-refractivity contribution in [3.05, 3.63) is 30.1 Å². The van der Waals surface area contributed by atoms with Crippen LogP contribution in [0.3, 0.4) is 0 Å². The Hall–Kier alpha value is -1.18. The highest BCUT2D eigenvalue weighted by Gasteiger charge is 1.82. The van der Waals surface area contributed by atoms with Crippen LogP contribution in [0.15, 0.2) is 18.3 Å². The van der Waals surface area contributed by atoms with Crippen molar-refractivity contribution in [1.29, 1.82) is 0 Å². The van der Waals surface area contributed by atoms with E-state index in [4.69, 9.17) is 0 Å². The summed E-state index contributed by atoms with van der Waals surface area (Å²) >= 11 is 0. The number of aromatic nitrogens is 1. The van der Waals surface area contributed by atoms with Gasteiger partial charge in [0.15, 0.2) is 6.29 Å². The third-order valence-corrected chi connectivity index (χ3v) is 0.757. The van der Waals surface area contributed by atoms with Gasteiger partial charge in [0.05, 0.1) is 6.20 Å². The van der Waals surface area contributed by atoms with Gasteiger partial charge in [-0.3, -0.25) is 9.78 Å². The van der Waals surface area contributed by atoms with E-state index >= 15 is 0 Å². The van der Waals surface area contributed by atoms with Gasteiger partial charge in [0, 0.05) is 11.8 Å². The van der Waals surface area contributed by atoms with E-state index in [1.54, 1.807) is 18.3 Å². The third kappa shape index (κ3) is 0.904. The lowest BCUT2D eigenvalue weighted by atomic mass is 10.3. The standard InChI is InChI=1S/C6H4NO/c8-5-6-2-1-3-7-4-6/h1-3,5H. The fourth-order valence-electron chi connectivity index (χ4n) is 0.404. The van der Waals surface area contributed by atoms with Crippen molar-refractivity contribution < 1.29 is 4.79 Å². The van der Waals surface area contributed by atoms with Gasteiger partial charge < -0.3 is 0 Å². The topological polar surface area (TPSA) is 30.0 Å². The Morgan fingerprint density at radius 1 is 1.75 bits per heavy atom. The molecule has 0 aliphatic carbocycles. The fraction of sp³-hybridized carbons (Fsp3) is 0. The molecule has 8 heavy (non-hydrogen) atoms. The first-order chi connectivity index (χ1) is 3.93. The molecule has 0 saturated heterocycles. The molecule has 1 heterocycles. The number of aldehydes is 1. The van der Waals surface area contributed by atoms with Crippen molar-refractivity contribution in [3.8, 4) is 0 Å². The van der Waals surface area contributed by atoms with Crippen molar-refractivity contribution in [2.75, 3.05) is 0 Å². The van der Waals surface area contributed by atoms with E-state index in [1.165, 1.54) is 0 Å². The number of carbonyl (C=O) groups excluding carboxylic acids is 1. The maximum atomic E-state index is 9.94. The SMILES string of the molecule is O=Cc1[c]nccc1. The Morgan fingerprint density at radius 3 is 3.00 bits per heavy atom. The monoisotopic (exact) mass is 106 g/mol. The van der Waals surface area contributed by atoms with Crippen molar-refractivity contribution in [1.82, 2.24) is 4.98 Å². The molecule has 0 atom stereocenters. The van der Waals surface area contributed by atoms with Crippen LogP contribution in [0.5, 0.6) is 0 Å². The first-order valence-electron chi connectivity index (χ1n) is 2.21. The summed E-state index contributed by atoms with van der Waals surface area (Å²) in [5.41, 5.74) is 0.493. The molecule has 0 N–H and O–H groups in total. The van der Waals surface area contributed by atoms with E-state index in [9.17, 15) is 4.79 Å². The van der Waals surface area contributed by atoms with E-state index in [2.05, 4.69) is 11.2 Å². The van der Waals surface area contributed by atoms with Crippen LogP contribution in [0.1, 0.15) is 10.4 Å². The molecule has 1 radical (unpaired) electrons. The predicted molar refractivity (Wildman–Crippen MR) is 28.5 cm³/mol. The molecule has 0 aromatic carbocycles. The largest absolute Gasteiger partial charge is 0.298 e. The van der Waals surface area contributed by atoms with Crippen molar-refractivity contribution in [2.24, 2.45) is 0 Å². The molecule has 0 fully saturated rings. The van der Waals surface area contributed by atoms with E-state index in [1.807, 2.05) is 0 Å². The number of nitrogens with zero attached hydrogens (tertiary/aromatic N) is 1. The maximum Gasteiger partial charge on any atom is 0.152 e. The maximum absolute atomic E-state index is 9.94. The van der Waals surface area contributed by atoms with Gasteiger partial charge in [-0.15, -0.1) is 0 Å². The highest BCUT2D eigenvalue weighted by molar-refractivity contribution is 5.73. The molecule has 1 aromatic rings. The van der Waals surface area contributed by atoms with Crippen LogP contribution in [0.2, 0.25) is 0 Å². The van der Waals surface area contributed by atoms with Crippen molar-refractivity contribution in [2.45, 2.75) is 0 Å². The molecule has 1 rings (SSSR count). The fourth-order valence-corrected chi connectivity index (χ4v) is 0.404. The van der Waals surface area contributed by atoms with Gasteiger partial charge in [0.2, 0.25) is 0 Å². The van der Waals surface area contributed by atoms with Gasteiger partial charge in [-0.2, -0.15) is 0 Å².